The molecule has 0 aliphatic rings. The Morgan fingerprint density at radius 2 is 2.00 bits per heavy atom. The molecule has 10 heteroatoms. The number of amides is 1. The minimum Gasteiger partial charge on any atom is -0.325 e. The van der Waals surface area contributed by atoms with Crippen molar-refractivity contribution in [3.63, 3.8) is 0 Å². The van der Waals surface area contributed by atoms with Gasteiger partial charge in [0.1, 0.15) is 12.1 Å². The SMILES string of the molecule is Cc1c2ncn(CC(=O)Nc3cccc(C(F)(F)F)c3)c(=O)c2nn1C. The Hall–Kier alpha value is -3.17. The third-order valence-electron chi connectivity index (χ3n) is 3.88. The van der Waals surface area contributed by atoms with E-state index in [-0.39, 0.29) is 11.2 Å². The van der Waals surface area contributed by atoms with Crippen LogP contribution in [-0.4, -0.2) is 25.2 Å². The molecule has 0 unspecified atom stereocenters. The van der Waals surface area contributed by atoms with Crippen LogP contribution in [0.25, 0.3) is 11.0 Å². The molecule has 1 N–H and O–H groups in total. The second kappa shape index (κ2) is 6.28. The molecule has 7 nitrogen and oxygen atoms in total. The molecule has 0 aliphatic carbocycles. The molecule has 1 amide bonds. The van der Waals surface area contributed by atoms with Crippen molar-refractivity contribution in [3.8, 4) is 0 Å². The Morgan fingerprint density at radius 3 is 2.69 bits per heavy atom. The van der Waals surface area contributed by atoms with Gasteiger partial charge in [-0.05, 0) is 25.1 Å². The normalized spacial score (nSPS) is 11.7. The van der Waals surface area contributed by atoms with E-state index in [1.54, 1.807) is 14.0 Å². The summed E-state index contributed by atoms with van der Waals surface area (Å²) in [5.74, 6) is -0.653. The topological polar surface area (TPSA) is 81.8 Å². The Kier molecular flexibility index (Phi) is 4.26. The van der Waals surface area contributed by atoms with E-state index in [4.69, 9.17) is 0 Å². The van der Waals surface area contributed by atoms with Crippen LogP contribution < -0.4 is 10.9 Å². The van der Waals surface area contributed by atoms with E-state index in [0.29, 0.717) is 11.2 Å². The smallest absolute Gasteiger partial charge is 0.325 e. The van der Waals surface area contributed by atoms with Crippen LogP contribution in [0.2, 0.25) is 0 Å². The van der Waals surface area contributed by atoms with Gasteiger partial charge in [-0.1, -0.05) is 6.07 Å². The standard InChI is InChI=1S/C16H14F3N5O2/c1-9-13-14(22-23(9)2)15(26)24(8-20-13)7-12(25)21-11-5-3-4-10(6-11)16(17,18)19/h3-6,8H,7H2,1-2H3,(H,21,25). The van der Waals surface area contributed by atoms with Crippen LogP contribution in [0.15, 0.2) is 35.4 Å². The molecule has 136 valence electrons. The van der Waals surface area contributed by atoms with Crippen LogP contribution in [0.3, 0.4) is 0 Å². The van der Waals surface area contributed by atoms with Gasteiger partial charge in [0, 0.05) is 12.7 Å². The van der Waals surface area contributed by atoms with E-state index in [1.165, 1.54) is 23.1 Å². The molecule has 0 aliphatic heterocycles. The predicted molar refractivity (Wildman–Crippen MR) is 87.6 cm³/mol. The van der Waals surface area contributed by atoms with E-state index in [0.717, 1.165) is 16.7 Å². The minimum atomic E-state index is -4.51. The minimum absolute atomic E-state index is 0.0133. The lowest BCUT2D eigenvalue weighted by Crippen LogP contribution is -2.28. The lowest BCUT2D eigenvalue weighted by molar-refractivity contribution is -0.137. The van der Waals surface area contributed by atoms with E-state index >= 15 is 0 Å². The van der Waals surface area contributed by atoms with Crippen LogP contribution in [0.1, 0.15) is 11.3 Å². The summed E-state index contributed by atoms with van der Waals surface area (Å²) < 4.78 is 40.7. The first-order valence-corrected chi connectivity index (χ1v) is 7.52. The fourth-order valence-corrected chi connectivity index (χ4v) is 2.45. The lowest BCUT2D eigenvalue weighted by Gasteiger charge is -2.10. The van der Waals surface area contributed by atoms with Crippen molar-refractivity contribution in [2.24, 2.45) is 7.05 Å². The first kappa shape index (κ1) is 17.6. The molecule has 0 atom stereocenters. The highest BCUT2D eigenvalue weighted by molar-refractivity contribution is 5.90. The van der Waals surface area contributed by atoms with Crippen molar-refractivity contribution in [1.29, 1.82) is 0 Å². The zero-order chi connectivity index (χ0) is 19.1. The van der Waals surface area contributed by atoms with Gasteiger partial charge in [-0.25, -0.2) is 4.98 Å². The molecule has 0 saturated carbocycles. The number of rotatable bonds is 3. The van der Waals surface area contributed by atoms with E-state index in [2.05, 4.69) is 15.4 Å². The average Bonchev–Trinajstić information content (AvgIpc) is 2.85. The van der Waals surface area contributed by atoms with Crippen molar-refractivity contribution in [3.05, 3.63) is 52.2 Å². The van der Waals surface area contributed by atoms with E-state index < -0.39 is 29.8 Å². The molecule has 0 fully saturated rings. The van der Waals surface area contributed by atoms with Crippen LogP contribution in [0, 0.1) is 6.92 Å². The largest absolute Gasteiger partial charge is 0.416 e. The molecule has 3 rings (SSSR count). The van der Waals surface area contributed by atoms with Crippen LogP contribution in [0.5, 0.6) is 0 Å². The van der Waals surface area contributed by atoms with Gasteiger partial charge >= 0.3 is 6.18 Å². The van der Waals surface area contributed by atoms with Gasteiger partial charge in [-0.3, -0.25) is 18.8 Å². The summed E-state index contributed by atoms with van der Waals surface area (Å²) in [5, 5.41) is 6.41. The van der Waals surface area contributed by atoms with Gasteiger partial charge in [0.05, 0.1) is 17.6 Å². The number of aryl methyl sites for hydroxylation is 2. The molecule has 0 bridgehead atoms. The zero-order valence-electron chi connectivity index (χ0n) is 13.8. The summed E-state index contributed by atoms with van der Waals surface area (Å²) in [4.78, 5) is 28.6. The number of anilines is 1. The summed E-state index contributed by atoms with van der Waals surface area (Å²) in [5.41, 5.74) is -0.123. The van der Waals surface area contributed by atoms with Gasteiger partial charge in [0.2, 0.25) is 5.91 Å². The summed E-state index contributed by atoms with van der Waals surface area (Å²) in [6, 6.07) is 4.25. The van der Waals surface area contributed by atoms with Gasteiger partial charge in [-0.2, -0.15) is 18.3 Å². The van der Waals surface area contributed by atoms with Crippen LogP contribution in [-0.2, 0) is 24.6 Å². The molecule has 2 aromatic heterocycles. The molecule has 1 aromatic carbocycles. The molecule has 0 spiro atoms. The molecular weight excluding hydrogens is 351 g/mol. The Bertz CT molecular complexity index is 1050. The number of benzene rings is 1. The number of fused-ring (bicyclic) bond motifs is 1. The average molecular weight is 365 g/mol. The van der Waals surface area contributed by atoms with Crippen molar-refractivity contribution >= 4 is 22.6 Å². The molecule has 26 heavy (non-hydrogen) atoms. The fraction of sp³-hybridized carbons (Fsp3) is 0.250. The van der Waals surface area contributed by atoms with Gasteiger partial charge < -0.3 is 5.32 Å². The maximum Gasteiger partial charge on any atom is 0.416 e. The number of aromatic nitrogens is 4. The number of carbonyl (C=O) groups is 1. The van der Waals surface area contributed by atoms with Crippen LogP contribution >= 0.6 is 0 Å². The monoisotopic (exact) mass is 365 g/mol. The summed E-state index contributed by atoms with van der Waals surface area (Å²) in [6.45, 7) is 1.36. The number of nitrogens with one attached hydrogen (secondary N) is 1. The van der Waals surface area contributed by atoms with Gasteiger partial charge in [-0.15, -0.1) is 0 Å². The Labute approximate surface area is 145 Å². The Morgan fingerprint density at radius 1 is 1.27 bits per heavy atom. The summed E-state index contributed by atoms with van der Waals surface area (Å²) in [7, 11) is 1.67. The first-order valence-electron chi connectivity index (χ1n) is 7.52. The maximum atomic E-state index is 12.7. The highest BCUT2D eigenvalue weighted by Crippen LogP contribution is 2.30. The van der Waals surface area contributed by atoms with Crippen molar-refractivity contribution < 1.29 is 18.0 Å². The number of halogens is 3. The Balaban J connectivity index is 1.82. The number of alkyl halides is 3. The number of hydrogen-bond donors (Lipinski definition) is 1. The number of carbonyl (C=O) groups excluding carboxylic acids is 1. The first-order chi connectivity index (χ1) is 12.2. The highest BCUT2D eigenvalue weighted by atomic mass is 19.4. The molecule has 3 aromatic rings. The highest BCUT2D eigenvalue weighted by Gasteiger charge is 2.30. The number of nitrogens with zero attached hydrogens (tertiary/aromatic N) is 4. The lowest BCUT2D eigenvalue weighted by atomic mass is 10.2. The van der Waals surface area contributed by atoms with Crippen molar-refractivity contribution in [2.45, 2.75) is 19.6 Å². The van der Waals surface area contributed by atoms with Gasteiger partial charge in [0.25, 0.3) is 5.56 Å². The number of hydrogen-bond acceptors (Lipinski definition) is 4. The maximum absolute atomic E-state index is 12.7. The van der Waals surface area contributed by atoms with Gasteiger partial charge in [0.15, 0.2) is 5.52 Å². The fourth-order valence-electron chi connectivity index (χ4n) is 2.45. The van der Waals surface area contributed by atoms with E-state index in [1.807, 2.05) is 0 Å². The zero-order valence-corrected chi connectivity index (χ0v) is 13.8. The molecule has 0 saturated heterocycles. The van der Waals surface area contributed by atoms with E-state index in [9.17, 15) is 22.8 Å². The molecule has 2 heterocycles. The molecular formula is C16H14F3N5O2. The summed E-state index contributed by atoms with van der Waals surface area (Å²) in [6.07, 6.45) is -3.30. The predicted octanol–water partition coefficient (Wildman–Crippen LogP) is 2.10. The molecule has 0 radical (unpaired) electrons. The second-order valence-electron chi connectivity index (χ2n) is 5.71. The third kappa shape index (κ3) is 3.30. The third-order valence-corrected chi connectivity index (χ3v) is 3.88. The quantitative estimate of drug-likeness (QED) is 0.771. The van der Waals surface area contributed by atoms with Crippen molar-refractivity contribution in [1.82, 2.24) is 19.3 Å². The van der Waals surface area contributed by atoms with Crippen molar-refractivity contribution in [2.75, 3.05) is 5.32 Å². The van der Waals surface area contributed by atoms with Crippen LogP contribution in [0.4, 0.5) is 18.9 Å². The second-order valence-corrected chi connectivity index (χ2v) is 5.71. The summed E-state index contributed by atoms with van der Waals surface area (Å²) >= 11 is 0.